The number of aromatic nitrogens is 1. The summed E-state index contributed by atoms with van der Waals surface area (Å²) >= 11 is 1.33. The number of fused-ring (bicyclic) bond motifs is 1. The van der Waals surface area contributed by atoms with E-state index in [-0.39, 0.29) is 5.75 Å². The molecule has 2 aromatic rings. The SMILES string of the molecule is CCCS(=O)(=O)C(C)(C)C(=O)Nc1nc2ccccc2s1. The van der Waals surface area contributed by atoms with E-state index in [1.54, 1.807) is 6.92 Å². The van der Waals surface area contributed by atoms with Crippen molar-refractivity contribution in [1.29, 1.82) is 0 Å². The normalized spacial score (nSPS) is 12.5. The Kier molecular flexibility index (Phi) is 4.34. The number of para-hydroxylation sites is 1. The number of nitrogens with one attached hydrogen (secondary N) is 1. The van der Waals surface area contributed by atoms with Crippen LogP contribution in [0.3, 0.4) is 0 Å². The third-order valence-electron chi connectivity index (χ3n) is 3.31. The molecule has 0 atom stereocenters. The van der Waals surface area contributed by atoms with E-state index in [4.69, 9.17) is 0 Å². The highest BCUT2D eigenvalue weighted by Crippen LogP contribution is 2.27. The minimum atomic E-state index is -3.49. The van der Waals surface area contributed by atoms with Crippen molar-refractivity contribution in [2.24, 2.45) is 0 Å². The lowest BCUT2D eigenvalue weighted by atomic mass is 10.2. The van der Waals surface area contributed by atoms with Crippen LogP contribution in [-0.4, -0.2) is 29.8 Å². The van der Waals surface area contributed by atoms with Gasteiger partial charge in [-0.15, -0.1) is 0 Å². The van der Waals surface area contributed by atoms with Crippen LogP contribution in [0.2, 0.25) is 0 Å². The molecule has 1 aromatic carbocycles. The maximum Gasteiger partial charge on any atom is 0.247 e. The van der Waals surface area contributed by atoms with Gasteiger partial charge in [-0.1, -0.05) is 30.4 Å². The number of benzene rings is 1. The predicted molar refractivity (Wildman–Crippen MR) is 86.4 cm³/mol. The summed E-state index contributed by atoms with van der Waals surface area (Å²) in [5.41, 5.74) is 0.784. The highest BCUT2D eigenvalue weighted by atomic mass is 32.2. The number of carbonyl (C=O) groups is 1. The summed E-state index contributed by atoms with van der Waals surface area (Å²) in [5.74, 6) is -0.553. The van der Waals surface area contributed by atoms with Crippen LogP contribution in [0.4, 0.5) is 5.13 Å². The predicted octanol–water partition coefficient (Wildman–Crippen LogP) is 2.84. The molecule has 0 radical (unpaired) electrons. The molecule has 1 aromatic heterocycles. The number of nitrogens with zero attached hydrogens (tertiary/aromatic N) is 1. The van der Waals surface area contributed by atoms with Crippen molar-refractivity contribution >= 4 is 42.4 Å². The molecule has 0 saturated heterocycles. The van der Waals surface area contributed by atoms with Crippen LogP contribution in [0.15, 0.2) is 24.3 Å². The van der Waals surface area contributed by atoms with E-state index in [1.165, 1.54) is 25.2 Å². The first-order valence-electron chi connectivity index (χ1n) is 6.67. The third kappa shape index (κ3) is 3.08. The number of rotatable bonds is 5. The standard InChI is InChI=1S/C14H18N2O3S2/c1-4-9-21(18,19)14(2,3)12(17)16-13-15-10-7-5-6-8-11(10)20-13/h5-8H,4,9H2,1-3H3,(H,15,16,17). The van der Waals surface area contributed by atoms with Gasteiger partial charge in [0.25, 0.3) is 0 Å². The van der Waals surface area contributed by atoms with Crippen molar-refractivity contribution in [3.8, 4) is 0 Å². The van der Waals surface area contributed by atoms with Crippen LogP contribution >= 0.6 is 11.3 Å². The molecule has 7 heteroatoms. The van der Waals surface area contributed by atoms with Gasteiger partial charge in [-0.2, -0.15) is 0 Å². The summed E-state index contributed by atoms with van der Waals surface area (Å²) in [5, 5.41) is 3.04. The van der Waals surface area contributed by atoms with E-state index < -0.39 is 20.5 Å². The molecule has 114 valence electrons. The maximum absolute atomic E-state index is 12.3. The second-order valence-corrected chi connectivity index (χ2v) is 8.96. The first-order chi connectivity index (χ1) is 9.78. The van der Waals surface area contributed by atoms with Gasteiger partial charge < -0.3 is 5.32 Å². The van der Waals surface area contributed by atoms with Gasteiger partial charge in [0.2, 0.25) is 5.91 Å². The van der Waals surface area contributed by atoms with Gasteiger partial charge in [-0.25, -0.2) is 13.4 Å². The number of hydrogen-bond donors (Lipinski definition) is 1. The lowest BCUT2D eigenvalue weighted by molar-refractivity contribution is -0.117. The molecule has 5 nitrogen and oxygen atoms in total. The topological polar surface area (TPSA) is 76.1 Å². The van der Waals surface area contributed by atoms with E-state index in [1.807, 2.05) is 24.3 Å². The van der Waals surface area contributed by atoms with Gasteiger partial charge in [0.05, 0.1) is 16.0 Å². The molecular weight excluding hydrogens is 308 g/mol. The van der Waals surface area contributed by atoms with Crippen LogP contribution in [0, 0.1) is 0 Å². The van der Waals surface area contributed by atoms with Gasteiger partial charge in [0.1, 0.15) is 4.75 Å². The average molecular weight is 326 g/mol. The maximum atomic E-state index is 12.3. The monoisotopic (exact) mass is 326 g/mol. The Hall–Kier alpha value is -1.47. The van der Waals surface area contributed by atoms with Crippen LogP contribution in [-0.2, 0) is 14.6 Å². The van der Waals surface area contributed by atoms with Crippen molar-refractivity contribution < 1.29 is 13.2 Å². The van der Waals surface area contributed by atoms with Crippen molar-refractivity contribution in [3.05, 3.63) is 24.3 Å². The lowest BCUT2D eigenvalue weighted by Gasteiger charge is -2.22. The fourth-order valence-corrected chi connectivity index (χ4v) is 4.08. The molecule has 0 aliphatic heterocycles. The van der Waals surface area contributed by atoms with Crippen LogP contribution in [0.25, 0.3) is 10.2 Å². The van der Waals surface area contributed by atoms with Gasteiger partial charge in [-0.3, -0.25) is 4.79 Å². The molecule has 0 aliphatic rings. The molecule has 1 N–H and O–H groups in total. The number of amides is 1. The Morgan fingerprint density at radius 1 is 1.33 bits per heavy atom. The van der Waals surface area contributed by atoms with Gasteiger partial charge in [0.15, 0.2) is 15.0 Å². The van der Waals surface area contributed by atoms with Crippen molar-refractivity contribution in [2.75, 3.05) is 11.1 Å². The summed E-state index contributed by atoms with van der Waals surface area (Å²) in [6.45, 7) is 4.64. The second-order valence-electron chi connectivity index (χ2n) is 5.27. The van der Waals surface area contributed by atoms with Crippen LogP contribution in [0.5, 0.6) is 0 Å². The van der Waals surface area contributed by atoms with E-state index in [0.717, 1.165) is 10.2 Å². The fraction of sp³-hybridized carbons (Fsp3) is 0.429. The molecule has 0 saturated carbocycles. The Balaban J connectivity index is 2.24. The van der Waals surface area contributed by atoms with E-state index >= 15 is 0 Å². The molecular formula is C14H18N2O3S2. The van der Waals surface area contributed by atoms with Gasteiger partial charge in [0, 0.05) is 0 Å². The van der Waals surface area contributed by atoms with E-state index in [2.05, 4.69) is 10.3 Å². The first kappa shape index (κ1) is 15.9. The zero-order valence-electron chi connectivity index (χ0n) is 12.2. The molecule has 1 amide bonds. The summed E-state index contributed by atoms with van der Waals surface area (Å²) in [6, 6.07) is 7.51. The molecule has 1 heterocycles. The first-order valence-corrected chi connectivity index (χ1v) is 9.14. The molecule has 0 unspecified atom stereocenters. The highest BCUT2D eigenvalue weighted by Gasteiger charge is 2.41. The summed E-state index contributed by atoms with van der Waals surface area (Å²) in [7, 11) is -3.49. The zero-order valence-corrected chi connectivity index (χ0v) is 13.8. The molecule has 0 aliphatic carbocycles. The Bertz CT molecular complexity index is 730. The quantitative estimate of drug-likeness (QED) is 0.916. The van der Waals surface area contributed by atoms with Crippen LogP contribution in [0.1, 0.15) is 27.2 Å². The Morgan fingerprint density at radius 3 is 2.62 bits per heavy atom. The smallest absolute Gasteiger partial charge is 0.247 e. The van der Waals surface area contributed by atoms with Crippen LogP contribution < -0.4 is 5.32 Å². The number of anilines is 1. The molecule has 0 spiro atoms. The minimum absolute atomic E-state index is 0.00668. The zero-order chi connectivity index (χ0) is 15.7. The van der Waals surface area contributed by atoms with E-state index in [9.17, 15) is 13.2 Å². The minimum Gasteiger partial charge on any atom is -0.301 e. The molecule has 21 heavy (non-hydrogen) atoms. The highest BCUT2D eigenvalue weighted by molar-refractivity contribution is 7.93. The summed E-state index contributed by atoms with van der Waals surface area (Å²) < 4.78 is 23.8. The van der Waals surface area contributed by atoms with Crippen molar-refractivity contribution in [3.63, 3.8) is 0 Å². The number of sulfone groups is 1. The fourth-order valence-electron chi connectivity index (χ4n) is 1.84. The molecule has 0 bridgehead atoms. The van der Waals surface area contributed by atoms with Crippen molar-refractivity contribution in [1.82, 2.24) is 4.98 Å². The second kappa shape index (κ2) is 5.73. The van der Waals surface area contributed by atoms with Gasteiger partial charge in [-0.05, 0) is 32.4 Å². The lowest BCUT2D eigenvalue weighted by Crippen LogP contribution is -2.45. The van der Waals surface area contributed by atoms with E-state index in [0.29, 0.717) is 11.6 Å². The number of carbonyl (C=O) groups excluding carboxylic acids is 1. The Labute approximate surface area is 128 Å². The summed E-state index contributed by atoms with van der Waals surface area (Å²) in [4.78, 5) is 16.6. The molecule has 0 fully saturated rings. The number of thiazole rings is 1. The largest absolute Gasteiger partial charge is 0.301 e. The Morgan fingerprint density at radius 2 is 2.00 bits per heavy atom. The molecule has 2 rings (SSSR count). The average Bonchev–Trinajstić information content (AvgIpc) is 2.80. The third-order valence-corrected chi connectivity index (χ3v) is 6.95. The summed E-state index contributed by atoms with van der Waals surface area (Å²) in [6.07, 6.45) is 0.486. The number of hydrogen-bond acceptors (Lipinski definition) is 5. The van der Waals surface area contributed by atoms with Crippen molar-refractivity contribution in [2.45, 2.75) is 31.9 Å². The van der Waals surface area contributed by atoms with Gasteiger partial charge >= 0.3 is 0 Å².